The Balaban J connectivity index is 0.00000461. The number of nitrogens with zero attached hydrogens (tertiary/aromatic N) is 2. The largest absolute Gasteiger partial charge is 2.00 e. The first-order valence-electron chi connectivity index (χ1n) is 14.3. The van der Waals surface area contributed by atoms with Gasteiger partial charge in [-0.05, 0) is 117 Å². The molecule has 45 heavy (non-hydrogen) atoms. The maximum atomic E-state index is 11.4. The molecule has 2 aliphatic rings. The average Bonchev–Trinajstić information content (AvgIpc) is 3.63. The van der Waals surface area contributed by atoms with E-state index in [0.717, 1.165) is 66.6 Å². The summed E-state index contributed by atoms with van der Waals surface area (Å²) < 4.78 is 0. The molecule has 0 amide bonds. The molecule has 0 aliphatic carbocycles. The van der Waals surface area contributed by atoms with Crippen molar-refractivity contribution in [3.05, 3.63) is 75.9 Å². The molecule has 233 valence electrons. The van der Waals surface area contributed by atoms with Crippen LogP contribution in [0.2, 0.25) is 0 Å². The molecular formula is C34H32Cl2MnN4O4. The van der Waals surface area contributed by atoms with Gasteiger partial charge >= 0.3 is 17.1 Å². The van der Waals surface area contributed by atoms with E-state index in [4.69, 9.17) is 33.2 Å². The van der Waals surface area contributed by atoms with Gasteiger partial charge in [0.25, 0.3) is 0 Å². The van der Waals surface area contributed by atoms with Crippen molar-refractivity contribution in [3.63, 3.8) is 0 Å². The number of carboxylic acids is 2. The molecule has 5 rings (SSSR count). The van der Waals surface area contributed by atoms with Crippen LogP contribution in [0.3, 0.4) is 0 Å². The van der Waals surface area contributed by atoms with E-state index in [1.807, 2.05) is 52.0 Å². The molecule has 2 aliphatic heterocycles. The van der Waals surface area contributed by atoms with E-state index in [1.54, 1.807) is 6.08 Å². The molecule has 8 bridgehead atoms. The first-order chi connectivity index (χ1) is 20.9. The third-order valence-corrected chi connectivity index (χ3v) is 9.28. The Morgan fingerprint density at radius 3 is 1.78 bits per heavy atom. The second kappa shape index (κ2) is 13.8. The Hall–Kier alpha value is -3.62. The van der Waals surface area contributed by atoms with Gasteiger partial charge in [-0.25, -0.2) is 9.97 Å². The van der Waals surface area contributed by atoms with E-state index in [0.29, 0.717) is 22.8 Å². The fraction of sp³-hybridized carbons (Fsp3) is 0.294. The number of halogens is 2. The van der Waals surface area contributed by atoms with Crippen molar-refractivity contribution < 1.29 is 36.9 Å². The Morgan fingerprint density at radius 2 is 1.29 bits per heavy atom. The number of fused-ring (bicyclic) bond motifs is 8. The molecule has 1 unspecified atom stereocenters. The number of aromatic amines is 2. The fourth-order valence-corrected chi connectivity index (χ4v) is 6.41. The molecule has 0 aromatic carbocycles. The van der Waals surface area contributed by atoms with Gasteiger partial charge in [-0.15, -0.1) is 23.2 Å². The van der Waals surface area contributed by atoms with Crippen LogP contribution < -0.4 is 10.2 Å². The fourth-order valence-electron chi connectivity index (χ4n) is 5.97. The molecule has 5 heterocycles. The smallest absolute Gasteiger partial charge is 0.550 e. The minimum atomic E-state index is -1.16. The third kappa shape index (κ3) is 6.68. The van der Waals surface area contributed by atoms with Gasteiger partial charge in [-0.2, -0.15) is 0 Å². The van der Waals surface area contributed by atoms with Gasteiger partial charge in [0.15, 0.2) is 0 Å². The number of allylic oxidation sites excluding steroid dienone is 4. The molecule has 2 N–H and O–H groups in total. The zero-order chi connectivity index (χ0) is 31.9. The summed E-state index contributed by atoms with van der Waals surface area (Å²) in [4.78, 5) is 39.8. The van der Waals surface area contributed by atoms with Gasteiger partial charge in [0.05, 0.1) is 28.2 Å². The van der Waals surface area contributed by atoms with Crippen molar-refractivity contribution >= 4 is 85.6 Å². The van der Waals surface area contributed by atoms with Crippen molar-refractivity contribution in [2.45, 2.75) is 58.8 Å². The standard InChI is InChI=1S/C34H34Cl2N4O4.Mn/c1-6-20-16(2)26-13-31-34(23(36)15-35)19(5)27(40-31)11-24-17(3)21(7-9-32(41)42)29(38-24)14-30-22(8-10-33(43)44)18(4)25(39-30)12-28(20)37-26;/h6,11-14,23,37,40H,1,7-10,15H2,2-5H3,(H,41,42)(H,43,44);/q;+2/p-2. The second-order valence-corrected chi connectivity index (χ2v) is 11.9. The van der Waals surface area contributed by atoms with E-state index in [1.165, 1.54) is 0 Å². The predicted molar refractivity (Wildman–Crippen MR) is 173 cm³/mol. The normalized spacial score (nSPS) is 13.6. The Bertz CT molecular complexity index is 1950. The van der Waals surface area contributed by atoms with Crippen molar-refractivity contribution in [3.8, 4) is 0 Å². The molecule has 8 nitrogen and oxygen atoms in total. The van der Waals surface area contributed by atoms with Crippen LogP contribution in [0.1, 0.15) is 89.9 Å². The Kier molecular flexibility index (Phi) is 10.5. The number of carbonyl (C=O) groups excluding carboxylic acids is 2. The second-order valence-electron chi connectivity index (χ2n) is 11.1. The van der Waals surface area contributed by atoms with Crippen LogP contribution in [0.5, 0.6) is 0 Å². The topological polar surface area (TPSA) is 138 Å². The molecule has 1 radical (unpaired) electrons. The number of H-pyrrole nitrogens is 2. The summed E-state index contributed by atoms with van der Waals surface area (Å²) in [5.74, 6) is -2.10. The molecule has 3 aromatic heterocycles. The first kappa shape index (κ1) is 34.3. The zero-order valence-electron chi connectivity index (χ0n) is 25.4. The van der Waals surface area contributed by atoms with Crippen LogP contribution in [-0.2, 0) is 26.7 Å². The average molecular weight is 686 g/mol. The number of alkyl halides is 2. The number of carboxylic acid groups (broad SMARTS) is 2. The van der Waals surface area contributed by atoms with E-state index >= 15 is 0 Å². The Morgan fingerprint density at radius 1 is 0.800 bits per heavy atom. The molecule has 0 saturated heterocycles. The van der Waals surface area contributed by atoms with Crippen LogP contribution in [0.25, 0.3) is 50.4 Å². The van der Waals surface area contributed by atoms with Crippen molar-refractivity contribution in [2.75, 3.05) is 5.88 Å². The van der Waals surface area contributed by atoms with Crippen molar-refractivity contribution in [2.24, 2.45) is 0 Å². The van der Waals surface area contributed by atoms with Crippen LogP contribution in [0.4, 0.5) is 0 Å². The summed E-state index contributed by atoms with van der Waals surface area (Å²) in [6.07, 6.45) is 1.87. The number of nitrogens with one attached hydrogen (secondary N) is 2. The van der Waals surface area contributed by atoms with Crippen LogP contribution in [-0.4, -0.2) is 37.8 Å². The summed E-state index contributed by atoms with van der Waals surface area (Å²) in [6.45, 7) is 11.8. The first-order valence-corrected chi connectivity index (χ1v) is 15.3. The van der Waals surface area contributed by atoms with E-state index in [-0.39, 0.29) is 48.6 Å². The number of aryl methyl sites for hydroxylation is 2. The van der Waals surface area contributed by atoms with Crippen LogP contribution in [0.15, 0.2) is 30.8 Å². The molecule has 0 fully saturated rings. The van der Waals surface area contributed by atoms with Crippen LogP contribution >= 0.6 is 23.2 Å². The quantitative estimate of drug-likeness (QED) is 0.209. The molecule has 11 heteroatoms. The van der Waals surface area contributed by atoms with Crippen molar-refractivity contribution in [1.29, 1.82) is 0 Å². The van der Waals surface area contributed by atoms with E-state index < -0.39 is 17.3 Å². The minimum absolute atomic E-state index is 0. The maximum Gasteiger partial charge on any atom is 2.00 e. The Labute approximate surface area is 281 Å². The summed E-state index contributed by atoms with van der Waals surface area (Å²) >= 11 is 13.0. The van der Waals surface area contributed by atoms with Gasteiger partial charge in [0.2, 0.25) is 0 Å². The van der Waals surface area contributed by atoms with Gasteiger partial charge in [-0.1, -0.05) is 12.7 Å². The SMILES string of the molecule is C=Cc1c(C)c2cc3[nH]c(cc4nc(cc5nc(cc1[nH]2)C(C)=C5CCC(=O)[O-])C(CCC(=O)[O-])=C4C)c(C)c3C(Cl)CCl.[Mn+2]. The number of rotatable bonds is 9. The summed E-state index contributed by atoms with van der Waals surface area (Å²) in [5.41, 5.74) is 12.6. The third-order valence-electron chi connectivity index (χ3n) is 8.44. The van der Waals surface area contributed by atoms with Crippen LogP contribution in [0, 0.1) is 13.8 Å². The molecule has 3 aromatic rings. The number of hydrogen-bond acceptors (Lipinski definition) is 6. The van der Waals surface area contributed by atoms with E-state index in [2.05, 4.69) is 16.5 Å². The van der Waals surface area contributed by atoms with Gasteiger partial charge in [-0.3, -0.25) is 0 Å². The summed E-state index contributed by atoms with van der Waals surface area (Å²) in [7, 11) is 0. The van der Waals surface area contributed by atoms with Gasteiger partial charge in [0.1, 0.15) is 0 Å². The minimum Gasteiger partial charge on any atom is -0.550 e. The summed E-state index contributed by atoms with van der Waals surface area (Å²) in [6, 6.07) is 7.67. The van der Waals surface area contributed by atoms with Gasteiger partial charge in [0, 0.05) is 45.4 Å². The molecule has 0 spiro atoms. The monoisotopic (exact) mass is 685 g/mol. The molecule has 0 saturated carbocycles. The number of aliphatic carboxylic acids is 2. The van der Waals surface area contributed by atoms with Crippen molar-refractivity contribution in [1.82, 2.24) is 19.9 Å². The molecule has 1 atom stereocenters. The summed E-state index contributed by atoms with van der Waals surface area (Å²) in [5, 5.41) is 22.4. The number of carbonyl (C=O) groups is 2. The predicted octanol–water partition coefficient (Wildman–Crippen LogP) is 6.01. The van der Waals surface area contributed by atoms with Gasteiger partial charge < -0.3 is 29.8 Å². The number of aromatic nitrogens is 4. The zero-order valence-corrected chi connectivity index (χ0v) is 28.1. The number of hydrogen-bond donors (Lipinski definition) is 2. The maximum absolute atomic E-state index is 11.4. The van der Waals surface area contributed by atoms with E-state index in [9.17, 15) is 19.8 Å². The molecular weight excluding hydrogens is 654 g/mol.